The molecule has 8 heteroatoms. The van der Waals surface area contributed by atoms with Crippen molar-refractivity contribution < 1.29 is 22.5 Å². The summed E-state index contributed by atoms with van der Waals surface area (Å²) in [5.74, 6) is -0.850. The summed E-state index contributed by atoms with van der Waals surface area (Å²) in [6.45, 7) is 1.11. The summed E-state index contributed by atoms with van der Waals surface area (Å²) in [6, 6.07) is 2.36. The second kappa shape index (κ2) is 8.30. The third-order valence-electron chi connectivity index (χ3n) is 3.22. The van der Waals surface area contributed by atoms with Crippen LogP contribution < -0.4 is 10.2 Å². The lowest BCUT2D eigenvalue weighted by Gasteiger charge is -2.13. The number of hydrogen-bond acceptors (Lipinski definition) is 6. The van der Waals surface area contributed by atoms with Crippen molar-refractivity contribution in [3.05, 3.63) is 29.3 Å². The van der Waals surface area contributed by atoms with E-state index in [4.69, 9.17) is 13.8 Å². The molecule has 0 saturated heterocycles. The minimum Gasteiger partial charge on any atom is -0.497 e. The van der Waals surface area contributed by atoms with Crippen LogP contribution in [0.2, 0.25) is 0 Å². The van der Waals surface area contributed by atoms with E-state index in [-0.39, 0.29) is 17.2 Å². The number of amidine groups is 1. The number of hydrogen-bond donors (Lipinski definition) is 1. The predicted molar refractivity (Wildman–Crippen MR) is 81.1 cm³/mol. The van der Waals surface area contributed by atoms with Gasteiger partial charge in [-0.1, -0.05) is 0 Å². The molecule has 0 aliphatic carbocycles. The molecule has 1 N–H and O–H groups in total. The van der Waals surface area contributed by atoms with Gasteiger partial charge in [-0.3, -0.25) is 15.3 Å². The van der Waals surface area contributed by atoms with E-state index >= 15 is 0 Å². The third kappa shape index (κ3) is 4.31. The first-order valence-corrected chi connectivity index (χ1v) is 7.90. The van der Waals surface area contributed by atoms with Gasteiger partial charge in [-0.25, -0.2) is 8.78 Å². The lowest BCUT2D eigenvalue weighted by Crippen LogP contribution is -2.24. The molecule has 1 aromatic rings. The first kappa shape index (κ1) is 17.0. The van der Waals surface area contributed by atoms with Crippen molar-refractivity contribution >= 4 is 17.9 Å². The average Bonchev–Trinajstić information content (AvgIpc) is 2.94. The molecule has 0 fully saturated rings. The zero-order valence-electron chi connectivity index (χ0n) is 12.4. The quantitative estimate of drug-likeness (QED) is 0.473. The number of nitrogens with zero attached hydrogens (tertiary/aromatic N) is 1. The van der Waals surface area contributed by atoms with E-state index in [2.05, 4.69) is 10.5 Å². The van der Waals surface area contributed by atoms with Crippen molar-refractivity contribution in [2.45, 2.75) is 12.3 Å². The summed E-state index contributed by atoms with van der Waals surface area (Å²) >= 11 is 1.26. The topological polar surface area (TPSA) is 52.1 Å². The fourth-order valence-corrected chi connectivity index (χ4v) is 2.45. The van der Waals surface area contributed by atoms with Crippen LogP contribution >= 0.6 is 12.0 Å². The normalized spacial score (nSPS) is 17.5. The predicted octanol–water partition coefficient (Wildman–Crippen LogP) is 2.68. The summed E-state index contributed by atoms with van der Waals surface area (Å²) in [7, 11) is 1.37. The van der Waals surface area contributed by atoms with Gasteiger partial charge < -0.3 is 8.92 Å². The van der Waals surface area contributed by atoms with Crippen molar-refractivity contribution in [3.8, 4) is 5.75 Å². The molecule has 0 spiro atoms. The highest BCUT2D eigenvalue weighted by Crippen LogP contribution is 2.31. The molecular weight excluding hydrogens is 314 g/mol. The minimum absolute atomic E-state index is 0.0343. The lowest BCUT2D eigenvalue weighted by atomic mass is 9.96. The molecule has 0 aromatic heterocycles. The fraction of sp³-hybridized carbons (Fsp3) is 0.500. The summed E-state index contributed by atoms with van der Waals surface area (Å²) < 4.78 is 37.9. The van der Waals surface area contributed by atoms with Gasteiger partial charge in [0.2, 0.25) is 0 Å². The Morgan fingerprint density at radius 3 is 2.68 bits per heavy atom. The molecule has 0 saturated carbocycles. The van der Waals surface area contributed by atoms with Crippen LogP contribution in [0.3, 0.4) is 0 Å². The fourth-order valence-electron chi connectivity index (χ4n) is 2.21. The second-order valence-electron chi connectivity index (χ2n) is 4.63. The van der Waals surface area contributed by atoms with Crippen molar-refractivity contribution in [1.29, 1.82) is 0 Å². The summed E-state index contributed by atoms with van der Waals surface area (Å²) in [6.07, 6.45) is 2.21. The lowest BCUT2D eigenvalue weighted by molar-refractivity contribution is 0.0634. The first-order chi connectivity index (χ1) is 10.7. The van der Waals surface area contributed by atoms with Crippen molar-refractivity contribution in [1.82, 2.24) is 5.48 Å². The Labute approximate surface area is 132 Å². The van der Waals surface area contributed by atoms with Gasteiger partial charge in [0.25, 0.3) is 0 Å². The van der Waals surface area contributed by atoms with Crippen LogP contribution in [0.5, 0.6) is 5.75 Å². The molecular formula is C14H18F2N2O3S. The van der Waals surface area contributed by atoms with Gasteiger partial charge in [0, 0.05) is 42.8 Å². The van der Waals surface area contributed by atoms with E-state index in [1.165, 1.54) is 31.3 Å². The Bertz CT molecular complexity index is 520. The largest absolute Gasteiger partial charge is 0.497 e. The van der Waals surface area contributed by atoms with Gasteiger partial charge in [0.1, 0.15) is 23.2 Å². The molecule has 1 aliphatic heterocycles. The number of aliphatic imine (C=N–C) groups is 1. The Morgan fingerprint density at radius 2 is 2.05 bits per heavy atom. The van der Waals surface area contributed by atoms with E-state index in [0.29, 0.717) is 32.0 Å². The number of benzene rings is 1. The van der Waals surface area contributed by atoms with Crippen LogP contribution in [0.25, 0.3) is 0 Å². The molecule has 1 aromatic carbocycles. The second-order valence-corrected chi connectivity index (χ2v) is 5.20. The first-order valence-electron chi connectivity index (χ1n) is 6.75. The molecule has 122 valence electrons. The average molecular weight is 332 g/mol. The van der Waals surface area contributed by atoms with Gasteiger partial charge in [0.05, 0.1) is 20.3 Å². The van der Waals surface area contributed by atoms with Crippen molar-refractivity contribution in [2.75, 3.05) is 33.1 Å². The van der Waals surface area contributed by atoms with Crippen LogP contribution in [0, 0.1) is 11.6 Å². The molecule has 0 radical (unpaired) electrons. The van der Waals surface area contributed by atoms with E-state index in [1.54, 1.807) is 0 Å². The maximum Gasteiger partial charge on any atom is 0.133 e. The molecule has 1 aliphatic rings. The molecule has 0 bridgehead atoms. The minimum atomic E-state index is -0.618. The van der Waals surface area contributed by atoms with Crippen molar-refractivity contribution in [3.63, 3.8) is 0 Å². The van der Waals surface area contributed by atoms with Gasteiger partial charge in [-0.2, -0.15) is 0 Å². The van der Waals surface area contributed by atoms with Crippen molar-refractivity contribution in [2.24, 2.45) is 4.99 Å². The molecule has 0 amide bonds. The Hall–Kier alpha value is -1.38. The van der Waals surface area contributed by atoms with E-state index < -0.39 is 11.6 Å². The molecule has 1 heterocycles. The number of nitrogens with one attached hydrogen (secondary N) is 1. The highest BCUT2D eigenvalue weighted by molar-refractivity contribution is 7.93. The number of rotatable bonds is 7. The van der Waals surface area contributed by atoms with Crippen LogP contribution in [-0.4, -0.2) is 39.0 Å². The van der Waals surface area contributed by atoms with Crippen LogP contribution in [0.4, 0.5) is 8.78 Å². The SMILES string of the molecule is COc1cc(F)c(C2CN=C(NOCCOSC)C2)c(F)c1. The molecule has 1 unspecified atom stereocenters. The van der Waals surface area contributed by atoms with Gasteiger partial charge in [-0.05, 0) is 12.0 Å². The highest BCUT2D eigenvalue weighted by Gasteiger charge is 2.27. The van der Waals surface area contributed by atoms with Gasteiger partial charge in [-0.15, -0.1) is 0 Å². The summed E-state index contributed by atoms with van der Waals surface area (Å²) in [5, 5.41) is 0. The summed E-state index contributed by atoms with van der Waals surface area (Å²) in [4.78, 5) is 9.38. The molecule has 22 heavy (non-hydrogen) atoms. The van der Waals surface area contributed by atoms with Crippen LogP contribution in [-0.2, 0) is 9.02 Å². The smallest absolute Gasteiger partial charge is 0.133 e. The Balaban J connectivity index is 1.89. The number of ether oxygens (including phenoxy) is 1. The van der Waals surface area contributed by atoms with Gasteiger partial charge >= 0.3 is 0 Å². The van der Waals surface area contributed by atoms with E-state index in [0.717, 1.165) is 0 Å². The van der Waals surface area contributed by atoms with E-state index in [1.807, 2.05) is 6.26 Å². The molecule has 2 rings (SSSR count). The number of halogens is 2. The number of methoxy groups -OCH3 is 1. The zero-order chi connectivity index (χ0) is 15.9. The standard InChI is InChI=1S/C14H18F2N2O3S/c1-19-10-6-11(15)14(12(16)7-10)9-5-13(17-8-9)18-20-3-4-21-22-2/h6-7,9H,3-5,8H2,1-2H3,(H,17,18). The molecule has 5 nitrogen and oxygen atoms in total. The maximum absolute atomic E-state index is 14.0. The molecule has 1 atom stereocenters. The third-order valence-corrected chi connectivity index (χ3v) is 3.62. The number of hydroxylamine groups is 1. The zero-order valence-corrected chi connectivity index (χ0v) is 13.2. The Kier molecular flexibility index (Phi) is 6.41. The maximum atomic E-state index is 14.0. The summed E-state index contributed by atoms with van der Waals surface area (Å²) in [5.41, 5.74) is 2.73. The van der Waals surface area contributed by atoms with Crippen LogP contribution in [0.1, 0.15) is 17.9 Å². The monoisotopic (exact) mass is 332 g/mol. The van der Waals surface area contributed by atoms with Crippen LogP contribution in [0.15, 0.2) is 17.1 Å². The van der Waals surface area contributed by atoms with E-state index in [9.17, 15) is 8.78 Å². The Morgan fingerprint density at radius 1 is 1.32 bits per heavy atom. The highest BCUT2D eigenvalue weighted by atomic mass is 32.2. The van der Waals surface area contributed by atoms with Gasteiger partial charge in [0.15, 0.2) is 0 Å².